The standard InChI is InChI=1S/C18H19FN4O3.ClH/c1-23-9-8-20-10-15(23)17-21-18(26-22-17)16-7-6-14(25-16)11-24-13-4-2-12(19)3-5-13;/h2-7,15,20H,8-11H2,1H3;1H. The van der Waals surface area contributed by atoms with Gasteiger partial charge in [-0.3, -0.25) is 4.90 Å². The molecule has 0 saturated carbocycles. The van der Waals surface area contributed by atoms with Crippen LogP contribution < -0.4 is 10.1 Å². The molecule has 1 fully saturated rings. The number of rotatable bonds is 5. The van der Waals surface area contributed by atoms with Gasteiger partial charge < -0.3 is 19.0 Å². The maximum absolute atomic E-state index is 12.9. The largest absolute Gasteiger partial charge is 0.486 e. The summed E-state index contributed by atoms with van der Waals surface area (Å²) >= 11 is 0. The van der Waals surface area contributed by atoms with Crippen LogP contribution in [0.1, 0.15) is 17.6 Å². The Kier molecular flexibility index (Phi) is 6.10. The van der Waals surface area contributed by atoms with E-state index < -0.39 is 0 Å². The first-order chi connectivity index (χ1) is 12.7. The van der Waals surface area contributed by atoms with Gasteiger partial charge in [0.05, 0.1) is 6.04 Å². The Labute approximate surface area is 161 Å². The summed E-state index contributed by atoms with van der Waals surface area (Å²) in [5.74, 6) is 2.34. The van der Waals surface area contributed by atoms with Crippen LogP contribution in [0.5, 0.6) is 5.75 Å². The molecule has 144 valence electrons. The van der Waals surface area contributed by atoms with Gasteiger partial charge >= 0.3 is 0 Å². The molecule has 1 saturated heterocycles. The topological polar surface area (TPSA) is 76.6 Å². The zero-order valence-corrected chi connectivity index (χ0v) is 15.5. The van der Waals surface area contributed by atoms with Gasteiger partial charge in [-0.15, -0.1) is 12.4 Å². The van der Waals surface area contributed by atoms with E-state index in [0.717, 1.165) is 19.6 Å². The minimum atomic E-state index is -0.302. The summed E-state index contributed by atoms with van der Waals surface area (Å²) in [5, 5.41) is 7.41. The predicted molar refractivity (Wildman–Crippen MR) is 98.2 cm³/mol. The van der Waals surface area contributed by atoms with Gasteiger partial charge in [-0.1, -0.05) is 5.16 Å². The molecule has 0 bridgehead atoms. The van der Waals surface area contributed by atoms with Gasteiger partial charge in [-0.2, -0.15) is 4.98 Å². The number of piperazine rings is 1. The Bertz CT molecular complexity index is 868. The van der Waals surface area contributed by atoms with Gasteiger partial charge in [0.25, 0.3) is 5.89 Å². The van der Waals surface area contributed by atoms with Crippen molar-refractivity contribution in [1.82, 2.24) is 20.4 Å². The van der Waals surface area contributed by atoms with E-state index in [1.54, 1.807) is 24.3 Å². The van der Waals surface area contributed by atoms with E-state index >= 15 is 0 Å². The summed E-state index contributed by atoms with van der Waals surface area (Å²) in [6, 6.07) is 9.47. The third-order valence-electron chi connectivity index (χ3n) is 4.32. The predicted octanol–water partition coefficient (Wildman–Crippen LogP) is 3.05. The van der Waals surface area contributed by atoms with Crippen molar-refractivity contribution >= 4 is 12.4 Å². The number of benzene rings is 1. The lowest BCUT2D eigenvalue weighted by Gasteiger charge is -2.30. The molecule has 9 heteroatoms. The van der Waals surface area contributed by atoms with Gasteiger partial charge in [-0.25, -0.2) is 4.39 Å². The lowest BCUT2D eigenvalue weighted by molar-refractivity contribution is 0.190. The van der Waals surface area contributed by atoms with Crippen LogP contribution in [0.3, 0.4) is 0 Å². The molecule has 1 unspecified atom stereocenters. The molecule has 3 aromatic rings. The van der Waals surface area contributed by atoms with Gasteiger partial charge in [0.15, 0.2) is 11.6 Å². The summed E-state index contributed by atoms with van der Waals surface area (Å²) in [5.41, 5.74) is 0. The average Bonchev–Trinajstić information content (AvgIpc) is 3.31. The Hall–Kier alpha value is -2.42. The van der Waals surface area contributed by atoms with Crippen molar-refractivity contribution in [3.05, 3.63) is 53.8 Å². The van der Waals surface area contributed by atoms with Gasteiger partial charge in [0, 0.05) is 19.6 Å². The number of halogens is 2. The maximum Gasteiger partial charge on any atom is 0.293 e. The molecular formula is C18H20ClFN4O3. The summed E-state index contributed by atoms with van der Waals surface area (Å²) in [6.07, 6.45) is 0. The first-order valence-corrected chi connectivity index (χ1v) is 8.41. The van der Waals surface area contributed by atoms with Crippen LogP contribution in [0.15, 0.2) is 45.3 Å². The van der Waals surface area contributed by atoms with E-state index in [1.165, 1.54) is 12.1 Å². The highest BCUT2D eigenvalue weighted by Crippen LogP contribution is 2.25. The Morgan fingerprint density at radius 1 is 1.26 bits per heavy atom. The fourth-order valence-electron chi connectivity index (χ4n) is 2.82. The molecule has 0 radical (unpaired) electrons. The van der Waals surface area contributed by atoms with Crippen molar-refractivity contribution < 1.29 is 18.1 Å². The van der Waals surface area contributed by atoms with Crippen LogP contribution in [-0.4, -0.2) is 41.7 Å². The summed E-state index contributed by atoms with van der Waals surface area (Å²) in [6.45, 7) is 2.89. The number of ether oxygens (including phenoxy) is 1. The average molecular weight is 395 g/mol. The number of hydrogen-bond acceptors (Lipinski definition) is 7. The Balaban J connectivity index is 0.00000210. The molecule has 0 aliphatic carbocycles. The molecule has 0 spiro atoms. The van der Waals surface area contributed by atoms with Crippen molar-refractivity contribution in [3.63, 3.8) is 0 Å². The molecule has 1 aromatic carbocycles. The lowest BCUT2D eigenvalue weighted by atomic mass is 10.2. The van der Waals surface area contributed by atoms with Crippen LogP contribution in [0, 0.1) is 5.82 Å². The maximum atomic E-state index is 12.9. The Morgan fingerprint density at radius 2 is 2.07 bits per heavy atom. The minimum Gasteiger partial charge on any atom is -0.486 e. The van der Waals surface area contributed by atoms with E-state index in [-0.39, 0.29) is 30.9 Å². The van der Waals surface area contributed by atoms with Crippen LogP contribution in [-0.2, 0) is 6.61 Å². The van der Waals surface area contributed by atoms with E-state index in [2.05, 4.69) is 20.4 Å². The van der Waals surface area contributed by atoms with Gasteiger partial charge in [0.2, 0.25) is 0 Å². The van der Waals surface area contributed by atoms with E-state index in [1.807, 2.05) is 7.05 Å². The van der Waals surface area contributed by atoms with E-state index in [4.69, 9.17) is 13.7 Å². The second kappa shape index (κ2) is 8.51. The van der Waals surface area contributed by atoms with Crippen molar-refractivity contribution in [2.75, 3.05) is 26.7 Å². The second-order valence-electron chi connectivity index (χ2n) is 6.17. The summed E-state index contributed by atoms with van der Waals surface area (Å²) < 4.78 is 29.5. The van der Waals surface area contributed by atoms with Crippen molar-refractivity contribution in [1.29, 1.82) is 0 Å². The molecule has 1 aliphatic rings. The first kappa shape index (κ1) is 19.3. The summed E-state index contributed by atoms with van der Waals surface area (Å²) in [7, 11) is 2.04. The molecule has 3 heterocycles. The molecule has 1 N–H and O–H groups in total. The third-order valence-corrected chi connectivity index (χ3v) is 4.32. The van der Waals surface area contributed by atoms with E-state index in [0.29, 0.717) is 29.0 Å². The molecule has 0 amide bonds. The molecular weight excluding hydrogens is 375 g/mol. The number of furan rings is 1. The second-order valence-corrected chi connectivity index (χ2v) is 6.17. The fraction of sp³-hybridized carbons (Fsp3) is 0.333. The van der Waals surface area contributed by atoms with Crippen LogP contribution in [0.4, 0.5) is 4.39 Å². The number of hydrogen-bond donors (Lipinski definition) is 1. The zero-order chi connectivity index (χ0) is 17.9. The number of aromatic nitrogens is 2. The highest BCUT2D eigenvalue weighted by Gasteiger charge is 2.26. The van der Waals surface area contributed by atoms with Crippen molar-refractivity contribution in [3.8, 4) is 17.4 Å². The first-order valence-electron chi connectivity index (χ1n) is 8.41. The molecule has 2 aromatic heterocycles. The van der Waals surface area contributed by atoms with E-state index in [9.17, 15) is 4.39 Å². The zero-order valence-electron chi connectivity index (χ0n) is 14.7. The Morgan fingerprint density at radius 3 is 2.85 bits per heavy atom. The van der Waals surface area contributed by atoms with Crippen molar-refractivity contribution in [2.45, 2.75) is 12.6 Å². The monoisotopic (exact) mass is 394 g/mol. The molecule has 1 aliphatic heterocycles. The highest BCUT2D eigenvalue weighted by molar-refractivity contribution is 5.85. The third kappa shape index (κ3) is 4.47. The van der Waals surface area contributed by atoms with Crippen LogP contribution in [0.25, 0.3) is 11.7 Å². The molecule has 27 heavy (non-hydrogen) atoms. The number of nitrogens with zero attached hydrogens (tertiary/aromatic N) is 3. The van der Waals surface area contributed by atoms with Crippen molar-refractivity contribution in [2.24, 2.45) is 0 Å². The van der Waals surface area contributed by atoms with Gasteiger partial charge in [-0.05, 0) is 43.4 Å². The molecule has 7 nitrogen and oxygen atoms in total. The normalized spacial score (nSPS) is 17.5. The quantitative estimate of drug-likeness (QED) is 0.712. The SMILES string of the molecule is CN1CCNCC1c1noc(-c2ccc(COc3ccc(F)cc3)o2)n1.Cl. The molecule has 4 rings (SSSR count). The fourth-order valence-corrected chi connectivity index (χ4v) is 2.82. The minimum absolute atomic E-state index is 0. The summed E-state index contributed by atoms with van der Waals surface area (Å²) in [4.78, 5) is 6.65. The number of nitrogens with one attached hydrogen (secondary N) is 1. The lowest BCUT2D eigenvalue weighted by Crippen LogP contribution is -2.44. The highest BCUT2D eigenvalue weighted by atomic mass is 35.5. The van der Waals surface area contributed by atoms with Gasteiger partial charge in [0.1, 0.15) is 23.9 Å². The van der Waals surface area contributed by atoms with Crippen LogP contribution in [0.2, 0.25) is 0 Å². The van der Waals surface area contributed by atoms with Crippen LogP contribution >= 0.6 is 12.4 Å². The smallest absolute Gasteiger partial charge is 0.293 e. The number of likely N-dealkylation sites (N-methyl/N-ethyl adjacent to an activating group) is 1. The molecule has 1 atom stereocenters.